The third-order valence-electron chi connectivity index (χ3n) is 5.45. The predicted molar refractivity (Wildman–Crippen MR) is 133 cm³/mol. The lowest BCUT2D eigenvalue weighted by atomic mass is 9.92. The number of anilines is 1. The molecule has 3 aromatic rings. The van der Waals surface area contributed by atoms with Crippen molar-refractivity contribution in [2.75, 3.05) is 18.4 Å². The van der Waals surface area contributed by atoms with Crippen LogP contribution in [0.2, 0.25) is 0 Å². The number of benzene rings is 2. The van der Waals surface area contributed by atoms with Crippen molar-refractivity contribution in [3.8, 4) is 5.69 Å². The van der Waals surface area contributed by atoms with Crippen molar-refractivity contribution in [2.24, 2.45) is 0 Å². The topological polar surface area (TPSA) is 67.2 Å². The minimum atomic E-state index is -0.246. The number of nitrogens with zero attached hydrogens (tertiary/aromatic N) is 3. The molecule has 1 aromatic heterocycles. The molecule has 0 fully saturated rings. The van der Waals surface area contributed by atoms with Crippen molar-refractivity contribution in [2.45, 2.75) is 52.9 Å². The van der Waals surface area contributed by atoms with E-state index in [1.54, 1.807) is 21.7 Å². The maximum atomic E-state index is 13.1. The summed E-state index contributed by atoms with van der Waals surface area (Å²) < 4.78 is 1.76. The summed E-state index contributed by atoms with van der Waals surface area (Å²) in [6.45, 7) is 10.9. The van der Waals surface area contributed by atoms with Crippen LogP contribution in [0.3, 0.4) is 0 Å². The molecule has 0 saturated carbocycles. The number of aryl methyl sites for hydroxylation is 1. The molecule has 0 aliphatic carbocycles. The molecule has 33 heavy (non-hydrogen) atoms. The van der Waals surface area contributed by atoms with Crippen molar-refractivity contribution in [1.82, 2.24) is 14.7 Å². The summed E-state index contributed by atoms with van der Waals surface area (Å²) in [5, 5.41) is 7.76. The molecule has 0 bridgehead atoms. The van der Waals surface area contributed by atoms with Gasteiger partial charge < -0.3 is 10.2 Å². The Morgan fingerprint density at radius 3 is 2.30 bits per heavy atom. The van der Waals surface area contributed by atoms with Crippen molar-refractivity contribution >= 4 is 17.6 Å². The minimum absolute atomic E-state index is 0.0162. The number of hydrogen-bond acceptors (Lipinski definition) is 3. The maximum Gasteiger partial charge on any atom is 0.254 e. The normalized spacial score (nSPS) is 11.3. The van der Waals surface area contributed by atoms with Crippen LogP contribution >= 0.6 is 0 Å². The van der Waals surface area contributed by atoms with Crippen molar-refractivity contribution < 1.29 is 9.59 Å². The number of nitrogens with one attached hydrogen (secondary N) is 1. The number of aromatic nitrogens is 2. The fourth-order valence-electron chi connectivity index (χ4n) is 3.44. The molecule has 0 atom stereocenters. The van der Waals surface area contributed by atoms with Gasteiger partial charge in [0.15, 0.2) is 0 Å². The van der Waals surface area contributed by atoms with E-state index in [2.05, 4.69) is 33.0 Å². The molecule has 0 saturated heterocycles. The second-order valence-corrected chi connectivity index (χ2v) is 9.41. The van der Waals surface area contributed by atoms with Gasteiger partial charge in [0.1, 0.15) is 12.4 Å². The van der Waals surface area contributed by atoms with Gasteiger partial charge in [-0.1, -0.05) is 70.0 Å². The Labute approximate surface area is 196 Å². The van der Waals surface area contributed by atoms with Crippen LogP contribution in [0, 0.1) is 6.92 Å². The lowest BCUT2D eigenvalue weighted by Gasteiger charge is -2.22. The molecule has 2 aromatic carbocycles. The van der Waals surface area contributed by atoms with E-state index in [-0.39, 0.29) is 23.8 Å². The first-order valence-electron chi connectivity index (χ1n) is 11.5. The maximum absolute atomic E-state index is 13.1. The molecular weight excluding hydrogens is 412 g/mol. The average Bonchev–Trinajstić information content (AvgIpc) is 3.21. The molecule has 174 valence electrons. The molecular formula is C27H34N4O2. The lowest BCUT2D eigenvalue weighted by molar-refractivity contribution is -0.116. The Balaban J connectivity index is 1.84. The summed E-state index contributed by atoms with van der Waals surface area (Å²) in [5.41, 5.74) is 3.31. The third-order valence-corrected chi connectivity index (χ3v) is 5.45. The SMILES string of the molecule is CCCCN(CC(=O)Nc1cc(C(C)(C)C)nn1-c1ccc(C)cc1)C(=O)c1ccccc1. The van der Waals surface area contributed by atoms with E-state index in [4.69, 9.17) is 5.10 Å². The molecule has 2 amide bonds. The summed E-state index contributed by atoms with van der Waals surface area (Å²) in [5.74, 6) is 0.210. The Morgan fingerprint density at radius 1 is 1.03 bits per heavy atom. The Bertz CT molecular complexity index is 1080. The molecule has 0 spiro atoms. The molecule has 0 aliphatic rings. The molecule has 0 radical (unpaired) electrons. The quantitative estimate of drug-likeness (QED) is 0.507. The van der Waals surface area contributed by atoms with E-state index >= 15 is 0 Å². The Kier molecular flexibility index (Phi) is 7.69. The molecule has 6 nitrogen and oxygen atoms in total. The van der Waals surface area contributed by atoms with Crippen molar-refractivity contribution in [1.29, 1.82) is 0 Å². The standard InChI is InChI=1S/C27H34N4O2/c1-6-7-17-30(26(33)21-11-9-8-10-12-21)19-25(32)28-24-18-23(27(3,4)5)29-31(24)22-15-13-20(2)14-16-22/h8-16,18H,6-7,17,19H2,1-5H3,(H,28,32). The Hall–Kier alpha value is -3.41. The number of carbonyl (C=O) groups excluding carboxylic acids is 2. The first kappa shape index (κ1) is 24.2. The van der Waals surface area contributed by atoms with E-state index in [9.17, 15) is 9.59 Å². The van der Waals surface area contributed by atoms with Gasteiger partial charge in [0.2, 0.25) is 5.91 Å². The van der Waals surface area contributed by atoms with Gasteiger partial charge in [-0.05, 0) is 37.6 Å². The molecule has 3 rings (SSSR count). The van der Waals surface area contributed by atoms with Gasteiger partial charge in [-0.25, -0.2) is 4.68 Å². The second kappa shape index (κ2) is 10.5. The summed E-state index contributed by atoms with van der Waals surface area (Å²) in [6, 6.07) is 19.0. The van der Waals surface area contributed by atoms with Crippen molar-refractivity contribution in [3.05, 3.63) is 77.5 Å². The highest BCUT2D eigenvalue weighted by Crippen LogP contribution is 2.26. The van der Waals surface area contributed by atoms with Gasteiger partial charge in [0, 0.05) is 23.6 Å². The highest BCUT2D eigenvalue weighted by atomic mass is 16.2. The zero-order valence-electron chi connectivity index (χ0n) is 20.3. The van der Waals surface area contributed by atoms with Crippen LogP contribution in [-0.2, 0) is 10.2 Å². The highest BCUT2D eigenvalue weighted by Gasteiger charge is 2.23. The largest absolute Gasteiger partial charge is 0.329 e. The fourth-order valence-corrected chi connectivity index (χ4v) is 3.44. The van der Waals surface area contributed by atoms with Crippen LogP contribution in [0.5, 0.6) is 0 Å². The third kappa shape index (κ3) is 6.31. The van der Waals surface area contributed by atoms with Gasteiger partial charge in [0.25, 0.3) is 5.91 Å². The van der Waals surface area contributed by atoms with Crippen LogP contribution in [0.25, 0.3) is 5.69 Å². The van der Waals surface area contributed by atoms with Crippen LogP contribution in [0.1, 0.15) is 62.2 Å². The number of unbranched alkanes of at least 4 members (excludes halogenated alkanes) is 1. The second-order valence-electron chi connectivity index (χ2n) is 9.41. The molecule has 1 heterocycles. The van der Waals surface area contributed by atoms with Gasteiger partial charge in [-0.3, -0.25) is 9.59 Å². The van der Waals surface area contributed by atoms with Crippen LogP contribution in [0.4, 0.5) is 5.82 Å². The molecule has 0 aliphatic heterocycles. The van der Waals surface area contributed by atoms with Gasteiger partial charge in [-0.2, -0.15) is 5.10 Å². The van der Waals surface area contributed by atoms with Crippen molar-refractivity contribution in [3.63, 3.8) is 0 Å². The van der Waals surface area contributed by atoms with Gasteiger partial charge >= 0.3 is 0 Å². The number of hydrogen-bond donors (Lipinski definition) is 1. The first-order chi connectivity index (χ1) is 15.7. The van der Waals surface area contributed by atoms with E-state index in [0.29, 0.717) is 17.9 Å². The molecule has 1 N–H and O–H groups in total. The van der Waals surface area contributed by atoms with E-state index in [0.717, 1.165) is 29.8 Å². The van der Waals surface area contributed by atoms with Crippen LogP contribution in [-0.4, -0.2) is 39.6 Å². The Morgan fingerprint density at radius 2 is 1.70 bits per heavy atom. The zero-order chi connectivity index (χ0) is 24.0. The van der Waals surface area contributed by atoms with Gasteiger partial charge in [0.05, 0.1) is 11.4 Å². The highest BCUT2D eigenvalue weighted by molar-refractivity contribution is 5.99. The first-order valence-corrected chi connectivity index (χ1v) is 11.5. The van der Waals surface area contributed by atoms with Crippen LogP contribution in [0.15, 0.2) is 60.7 Å². The molecule has 6 heteroatoms. The number of carbonyl (C=O) groups is 2. The number of rotatable bonds is 8. The summed E-state index contributed by atoms with van der Waals surface area (Å²) in [7, 11) is 0. The van der Waals surface area contributed by atoms with Gasteiger partial charge in [-0.15, -0.1) is 0 Å². The average molecular weight is 447 g/mol. The predicted octanol–water partition coefficient (Wildman–Crippen LogP) is 5.36. The monoisotopic (exact) mass is 446 g/mol. The summed E-state index contributed by atoms with van der Waals surface area (Å²) in [4.78, 5) is 27.7. The number of amides is 2. The van der Waals surface area contributed by atoms with E-state index in [1.807, 2.05) is 55.5 Å². The van der Waals surface area contributed by atoms with E-state index in [1.165, 1.54) is 0 Å². The van der Waals surface area contributed by atoms with E-state index < -0.39 is 0 Å². The lowest BCUT2D eigenvalue weighted by Crippen LogP contribution is -2.38. The summed E-state index contributed by atoms with van der Waals surface area (Å²) >= 11 is 0. The minimum Gasteiger partial charge on any atom is -0.329 e. The smallest absolute Gasteiger partial charge is 0.254 e. The summed E-state index contributed by atoms with van der Waals surface area (Å²) in [6.07, 6.45) is 1.77. The molecule has 0 unspecified atom stereocenters. The van der Waals surface area contributed by atoms with Crippen LogP contribution < -0.4 is 5.32 Å². The zero-order valence-corrected chi connectivity index (χ0v) is 20.3. The fraction of sp³-hybridized carbons (Fsp3) is 0.370.